The minimum Gasteiger partial charge on any atom is -0.390 e. The van der Waals surface area contributed by atoms with Crippen LogP contribution in [0.15, 0.2) is 66.0 Å². The molecule has 0 saturated carbocycles. The number of nitrogens with two attached hydrogens (primary N) is 1. The molecule has 0 radical (unpaired) electrons. The van der Waals surface area contributed by atoms with Crippen molar-refractivity contribution in [2.45, 2.75) is 58.3 Å². The van der Waals surface area contributed by atoms with Crippen molar-refractivity contribution in [3.05, 3.63) is 105 Å². The Balaban J connectivity index is 1.43. The van der Waals surface area contributed by atoms with Gasteiger partial charge in [-0.1, -0.05) is 50.2 Å². The highest BCUT2D eigenvalue weighted by atomic mass is 32.1. The minimum absolute atomic E-state index is 0.205. The van der Waals surface area contributed by atoms with E-state index in [0.29, 0.717) is 30.6 Å². The Morgan fingerprint density at radius 2 is 1.77 bits per heavy atom. The Kier molecular flexibility index (Phi) is 10.9. The van der Waals surface area contributed by atoms with Crippen LogP contribution in [0, 0.1) is 6.92 Å². The molecule has 0 bridgehead atoms. The van der Waals surface area contributed by atoms with Gasteiger partial charge in [0.25, 0.3) is 11.8 Å². The fourth-order valence-electron chi connectivity index (χ4n) is 4.58. The van der Waals surface area contributed by atoms with Gasteiger partial charge in [-0.3, -0.25) is 9.59 Å². The lowest BCUT2D eigenvalue weighted by Crippen LogP contribution is -2.48. The summed E-state index contributed by atoms with van der Waals surface area (Å²) in [6, 6.07) is 17.6. The van der Waals surface area contributed by atoms with Gasteiger partial charge in [0.05, 0.1) is 24.4 Å². The van der Waals surface area contributed by atoms with Crippen molar-refractivity contribution in [3.8, 4) is 0 Å². The van der Waals surface area contributed by atoms with Crippen molar-refractivity contribution in [2.24, 2.45) is 0 Å². The number of nitrogen functional groups attached to an aromatic ring is 1. The van der Waals surface area contributed by atoms with Crippen LogP contribution in [0.2, 0.25) is 0 Å². The molecule has 2 aromatic heterocycles. The van der Waals surface area contributed by atoms with Crippen LogP contribution in [0.4, 0.5) is 5.95 Å². The average Bonchev–Trinajstić information content (AvgIpc) is 3.40. The number of aliphatic hydroxyl groups excluding tert-OH is 1. The normalized spacial score (nSPS) is 12.6. The topological polar surface area (TPSA) is 146 Å². The Bertz CT molecular complexity index is 1530. The molecule has 2 heterocycles. The maximum atomic E-state index is 13.4. The molecule has 4 aromatic rings. The van der Waals surface area contributed by atoms with Crippen molar-refractivity contribution in [1.29, 1.82) is 0 Å². The van der Waals surface area contributed by atoms with Gasteiger partial charge in [0.2, 0.25) is 5.95 Å². The molecule has 2 amide bonds. The van der Waals surface area contributed by atoms with Gasteiger partial charge in [0.1, 0.15) is 5.01 Å². The highest BCUT2D eigenvalue weighted by Gasteiger charge is 2.23. The zero-order valence-corrected chi connectivity index (χ0v) is 25.8. The van der Waals surface area contributed by atoms with E-state index < -0.39 is 12.1 Å². The van der Waals surface area contributed by atoms with Crippen molar-refractivity contribution < 1.29 is 14.7 Å². The van der Waals surface area contributed by atoms with Crippen LogP contribution in [0.25, 0.3) is 0 Å². The third-order valence-electron chi connectivity index (χ3n) is 6.90. The van der Waals surface area contributed by atoms with Crippen LogP contribution in [-0.4, -0.2) is 62.5 Å². The largest absolute Gasteiger partial charge is 0.390 e. The summed E-state index contributed by atoms with van der Waals surface area (Å²) in [7, 11) is 1.71. The number of aliphatic hydroxyl groups is 1. The SMILES string of the molecule is Cc1csc(CN(C)C(=O)c2cccc(C(=O)N[C@@H](Cc3ccccc3)[C@H](O)CNCc3cc(C(C)C)nc(N)n3)c2)n1. The average molecular weight is 602 g/mol. The van der Waals surface area contributed by atoms with E-state index in [9.17, 15) is 14.7 Å². The van der Waals surface area contributed by atoms with E-state index in [-0.39, 0.29) is 30.2 Å². The first-order chi connectivity index (χ1) is 20.6. The number of benzene rings is 2. The molecule has 0 spiro atoms. The molecule has 0 unspecified atom stereocenters. The van der Waals surface area contributed by atoms with Gasteiger partial charge in [-0.05, 0) is 49.1 Å². The number of nitrogens with zero attached hydrogens (tertiary/aromatic N) is 4. The summed E-state index contributed by atoms with van der Waals surface area (Å²) in [4.78, 5) is 41.1. The van der Waals surface area contributed by atoms with Crippen LogP contribution < -0.4 is 16.4 Å². The number of aryl methyl sites for hydroxylation is 1. The first kappa shape index (κ1) is 31.7. The first-order valence-electron chi connectivity index (χ1n) is 14.2. The van der Waals surface area contributed by atoms with Gasteiger partial charge in [-0.15, -0.1) is 11.3 Å². The molecular formula is C32H39N7O3S. The molecule has 0 fully saturated rings. The number of amides is 2. The second-order valence-electron chi connectivity index (χ2n) is 10.9. The number of hydrogen-bond acceptors (Lipinski definition) is 9. The summed E-state index contributed by atoms with van der Waals surface area (Å²) >= 11 is 1.51. The molecular weight excluding hydrogens is 562 g/mol. The number of carbonyl (C=O) groups excluding carboxylic acids is 2. The van der Waals surface area contributed by atoms with Crippen molar-refractivity contribution in [1.82, 2.24) is 30.5 Å². The van der Waals surface area contributed by atoms with E-state index in [1.54, 1.807) is 36.2 Å². The van der Waals surface area contributed by atoms with Gasteiger partial charge < -0.3 is 26.4 Å². The van der Waals surface area contributed by atoms with E-state index in [4.69, 9.17) is 5.73 Å². The van der Waals surface area contributed by atoms with E-state index in [1.165, 1.54) is 11.3 Å². The maximum absolute atomic E-state index is 13.4. The third-order valence-corrected chi connectivity index (χ3v) is 7.86. The Morgan fingerprint density at radius 3 is 2.47 bits per heavy atom. The summed E-state index contributed by atoms with van der Waals surface area (Å²) in [5, 5.41) is 20.2. The van der Waals surface area contributed by atoms with E-state index in [0.717, 1.165) is 27.7 Å². The molecule has 226 valence electrons. The minimum atomic E-state index is -0.911. The monoisotopic (exact) mass is 601 g/mol. The molecule has 4 rings (SSSR count). The smallest absolute Gasteiger partial charge is 0.253 e. The maximum Gasteiger partial charge on any atom is 0.253 e. The molecule has 43 heavy (non-hydrogen) atoms. The molecule has 0 aliphatic heterocycles. The Hall–Kier alpha value is -4.19. The number of carbonyl (C=O) groups is 2. The Morgan fingerprint density at radius 1 is 1.02 bits per heavy atom. The van der Waals surface area contributed by atoms with E-state index >= 15 is 0 Å². The van der Waals surface area contributed by atoms with Crippen molar-refractivity contribution in [2.75, 3.05) is 19.3 Å². The van der Waals surface area contributed by atoms with Crippen LogP contribution in [0.3, 0.4) is 0 Å². The molecule has 10 nitrogen and oxygen atoms in total. The molecule has 11 heteroatoms. The van der Waals surface area contributed by atoms with Gasteiger partial charge >= 0.3 is 0 Å². The van der Waals surface area contributed by atoms with Gasteiger partial charge in [-0.25, -0.2) is 15.0 Å². The second kappa shape index (κ2) is 14.8. The van der Waals surface area contributed by atoms with E-state index in [1.807, 2.05) is 62.5 Å². The molecule has 5 N–H and O–H groups in total. The molecule has 0 saturated heterocycles. The lowest BCUT2D eigenvalue weighted by Gasteiger charge is -2.25. The molecule has 2 aromatic carbocycles. The highest BCUT2D eigenvalue weighted by molar-refractivity contribution is 7.09. The van der Waals surface area contributed by atoms with Crippen LogP contribution >= 0.6 is 11.3 Å². The summed E-state index contributed by atoms with van der Waals surface area (Å²) in [6.07, 6.45) is -0.493. The lowest BCUT2D eigenvalue weighted by molar-refractivity contribution is 0.0784. The molecule has 0 aliphatic rings. The number of nitrogens with one attached hydrogen (secondary N) is 2. The summed E-state index contributed by atoms with van der Waals surface area (Å²) in [5.74, 6) is -0.170. The Labute approximate surface area is 256 Å². The predicted molar refractivity (Wildman–Crippen MR) is 169 cm³/mol. The number of aromatic nitrogens is 3. The highest BCUT2D eigenvalue weighted by Crippen LogP contribution is 2.16. The fourth-order valence-corrected chi connectivity index (χ4v) is 5.41. The molecule has 0 aliphatic carbocycles. The number of anilines is 1. The third kappa shape index (κ3) is 9.15. The summed E-state index contributed by atoms with van der Waals surface area (Å²) < 4.78 is 0. The van der Waals surface area contributed by atoms with Crippen molar-refractivity contribution >= 4 is 29.1 Å². The zero-order chi connectivity index (χ0) is 30.9. The fraction of sp³-hybridized carbons (Fsp3) is 0.344. The van der Waals surface area contributed by atoms with Gasteiger partial charge in [-0.2, -0.15) is 0 Å². The number of rotatable bonds is 13. The van der Waals surface area contributed by atoms with Crippen LogP contribution in [0.1, 0.15) is 68.1 Å². The zero-order valence-electron chi connectivity index (χ0n) is 24.9. The van der Waals surface area contributed by atoms with Crippen molar-refractivity contribution in [3.63, 3.8) is 0 Å². The summed E-state index contributed by atoms with van der Waals surface area (Å²) in [6.45, 7) is 6.96. The van der Waals surface area contributed by atoms with Gasteiger partial charge in [0, 0.05) is 48.0 Å². The first-order valence-corrected chi connectivity index (χ1v) is 15.1. The molecule has 2 atom stereocenters. The standard InChI is InChI=1S/C32H39N7O3S/c1-20(2)26-15-25(36-32(33)38-26)16-34-17-28(40)27(13-22-9-6-5-7-10-22)37-30(41)23-11-8-12-24(14-23)31(42)39(4)18-29-35-21(3)19-43-29/h5-12,14-15,19-20,27-28,34,40H,13,16-18H2,1-4H3,(H,37,41)(H2,33,36,38)/t27-,28+/m0/s1. The van der Waals surface area contributed by atoms with Crippen LogP contribution in [0.5, 0.6) is 0 Å². The lowest BCUT2D eigenvalue weighted by atomic mass is 10.00. The van der Waals surface area contributed by atoms with E-state index in [2.05, 4.69) is 25.6 Å². The second-order valence-corrected chi connectivity index (χ2v) is 11.8. The van der Waals surface area contributed by atoms with Crippen LogP contribution in [-0.2, 0) is 19.5 Å². The quantitative estimate of drug-likeness (QED) is 0.181. The number of thiazole rings is 1. The summed E-state index contributed by atoms with van der Waals surface area (Å²) in [5.41, 5.74) is 10.1. The predicted octanol–water partition coefficient (Wildman–Crippen LogP) is 3.71. The van der Waals surface area contributed by atoms with Gasteiger partial charge in [0.15, 0.2) is 0 Å². The number of hydrogen-bond donors (Lipinski definition) is 4.